The van der Waals surface area contributed by atoms with Gasteiger partial charge in [0.25, 0.3) is 0 Å². The first-order valence-corrected chi connectivity index (χ1v) is 15.4. The molecular formula is C34H43N5O6. The standard InChI is InChI=1S/C34H43N5O6/c1-33(2,3)44-31(41)38-17-7-8-27(38)29-35-20-26(37-29)24-11-9-22(10-12-24)23-13-15-25(16-14-23)36-30(40)28-21-43-19-18-39(28)32(42)45-34(4,5)6/h9-16,20,27-28H,7-8,17-19,21H2,1-6H3,(H,35,37)(H,36,40)/t27-,28-/m0/s1. The zero-order chi connectivity index (χ0) is 32.4. The van der Waals surface area contributed by atoms with Crippen molar-refractivity contribution in [2.75, 3.05) is 31.6 Å². The van der Waals surface area contributed by atoms with Crippen LogP contribution in [-0.4, -0.2) is 81.4 Å². The number of carbonyl (C=O) groups excluding carboxylic acids is 3. The Hall–Kier alpha value is -4.38. The summed E-state index contributed by atoms with van der Waals surface area (Å²) in [5.41, 5.74) is 3.16. The topological polar surface area (TPSA) is 126 Å². The van der Waals surface area contributed by atoms with Crippen molar-refractivity contribution < 1.29 is 28.6 Å². The van der Waals surface area contributed by atoms with Gasteiger partial charge in [0.05, 0.1) is 24.9 Å². The first-order valence-electron chi connectivity index (χ1n) is 15.4. The molecule has 11 heteroatoms. The summed E-state index contributed by atoms with van der Waals surface area (Å²) in [4.78, 5) is 49.8. The van der Waals surface area contributed by atoms with E-state index in [-0.39, 0.29) is 31.2 Å². The predicted molar refractivity (Wildman–Crippen MR) is 171 cm³/mol. The van der Waals surface area contributed by atoms with Crippen molar-refractivity contribution >= 4 is 23.8 Å². The first-order chi connectivity index (χ1) is 21.3. The monoisotopic (exact) mass is 617 g/mol. The molecule has 0 radical (unpaired) electrons. The molecule has 2 atom stereocenters. The Balaban J connectivity index is 1.21. The van der Waals surface area contributed by atoms with E-state index in [1.807, 2.05) is 75.5 Å². The van der Waals surface area contributed by atoms with Gasteiger partial charge in [-0.25, -0.2) is 14.6 Å². The molecule has 3 aromatic rings. The minimum absolute atomic E-state index is 0.107. The lowest BCUT2D eigenvalue weighted by Crippen LogP contribution is -2.55. The molecule has 240 valence electrons. The number of nitrogens with one attached hydrogen (secondary N) is 2. The number of rotatable bonds is 5. The van der Waals surface area contributed by atoms with Gasteiger partial charge < -0.3 is 24.5 Å². The van der Waals surface area contributed by atoms with E-state index in [0.717, 1.165) is 41.1 Å². The maximum Gasteiger partial charge on any atom is 0.411 e. The minimum atomic E-state index is -0.780. The highest BCUT2D eigenvalue weighted by Gasteiger charge is 2.36. The van der Waals surface area contributed by atoms with E-state index in [9.17, 15) is 14.4 Å². The smallest absolute Gasteiger partial charge is 0.411 e. The molecule has 0 saturated carbocycles. The van der Waals surface area contributed by atoms with Crippen LogP contribution in [0.25, 0.3) is 22.4 Å². The number of amides is 3. The third-order valence-corrected chi connectivity index (χ3v) is 7.52. The summed E-state index contributed by atoms with van der Waals surface area (Å²) in [5, 5.41) is 2.90. The van der Waals surface area contributed by atoms with Crippen LogP contribution in [0.2, 0.25) is 0 Å². The summed E-state index contributed by atoms with van der Waals surface area (Å²) in [7, 11) is 0. The molecule has 2 aliphatic rings. The number of hydrogen-bond donors (Lipinski definition) is 2. The number of aromatic amines is 1. The number of ether oxygens (including phenoxy) is 3. The van der Waals surface area contributed by atoms with Crippen LogP contribution in [0.5, 0.6) is 0 Å². The fourth-order valence-electron chi connectivity index (χ4n) is 5.41. The van der Waals surface area contributed by atoms with Crippen LogP contribution >= 0.6 is 0 Å². The summed E-state index contributed by atoms with van der Waals surface area (Å²) in [6.45, 7) is 12.4. The number of aromatic nitrogens is 2. The number of H-pyrrole nitrogens is 1. The molecule has 3 heterocycles. The van der Waals surface area contributed by atoms with Gasteiger partial charge in [-0.2, -0.15) is 0 Å². The second kappa shape index (κ2) is 12.9. The van der Waals surface area contributed by atoms with Crippen LogP contribution in [0, 0.1) is 0 Å². The maximum atomic E-state index is 13.1. The molecule has 0 unspecified atom stereocenters. The highest BCUT2D eigenvalue weighted by molar-refractivity contribution is 5.97. The number of benzene rings is 2. The summed E-state index contributed by atoms with van der Waals surface area (Å²) < 4.78 is 16.6. The van der Waals surface area contributed by atoms with E-state index in [1.165, 1.54) is 4.90 Å². The number of anilines is 1. The van der Waals surface area contributed by atoms with Crippen molar-refractivity contribution in [3.63, 3.8) is 0 Å². The normalized spacial score (nSPS) is 18.9. The number of imidazole rings is 1. The first kappa shape index (κ1) is 32.0. The molecule has 0 spiro atoms. The lowest BCUT2D eigenvalue weighted by atomic mass is 10.0. The Morgan fingerprint density at radius 2 is 1.42 bits per heavy atom. The van der Waals surface area contributed by atoms with E-state index in [4.69, 9.17) is 19.2 Å². The zero-order valence-corrected chi connectivity index (χ0v) is 26.9. The van der Waals surface area contributed by atoms with Crippen LogP contribution in [0.1, 0.15) is 66.3 Å². The van der Waals surface area contributed by atoms with Crippen LogP contribution in [0.15, 0.2) is 54.7 Å². The number of likely N-dealkylation sites (tertiary alicyclic amines) is 1. The van der Waals surface area contributed by atoms with Gasteiger partial charge in [-0.05, 0) is 77.6 Å². The lowest BCUT2D eigenvalue weighted by Gasteiger charge is -2.35. The van der Waals surface area contributed by atoms with Gasteiger partial charge in [-0.15, -0.1) is 0 Å². The molecule has 2 fully saturated rings. The summed E-state index contributed by atoms with van der Waals surface area (Å²) in [5.74, 6) is 0.423. The average molecular weight is 618 g/mol. The number of morpholine rings is 1. The summed E-state index contributed by atoms with van der Waals surface area (Å²) >= 11 is 0. The third-order valence-electron chi connectivity index (χ3n) is 7.52. The molecule has 0 aliphatic carbocycles. The highest BCUT2D eigenvalue weighted by Crippen LogP contribution is 2.33. The van der Waals surface area contributed by atoms with Gasteiger partial charge in [0.2, 0.25) is 5.91 Å². The van der Waals surface area contributed by atoms with Gasteiger partial charge in [-0.1, -0.05) is 36.4 Å². The molecule has 1 aromatic heterocycles. The fraction of sp³-hybridized carbons (Fsp3) is 0.471. The zero-order valence-electron chi connectivity index (χ0n) is 26.9. The van der Waals surface area contributed by atoms with Crippen molar-refractivity contribution in [2.24, 2.45) is 0 Å². The van der Waals surface area contributed by atoms with Crippen molar-refractivity contribution in [1.82, 2.24) is 19.8 Å². The minimum Gasteiger partial charge on any atom is -0.444 e. The van der Waals surface area contributed by atoms with Crippen LogP contribution in [0.3, 0.4) is 0 Å². The van der Waals surface area contributed by atoms with Gasteiger partial charge in [0, 0.05) is 30.5 Å². The molecule has 2 saturated heterocycles. The van der Waals surface area contributed by atoms with Gasteiger partial charge in [-0.3, -0.25) is 14.6 Å². The van der Waals surface area contributed by atoms with Crippen LogP contribution < -0.4 is 5.32 Å². The van der Waals surface area contributed by atoms with Gasteiger partial charge in [0.15, 0.2) is 0 Å². The molecule has 0 bridgehead atoms. The fourth-order valence-corrected chi connectivity index (χ4v) is 5.41. The molecule has 2 aliphatic heterocycles. The highest BCUT2D eigenvalue weighted by atomic mass is 16.6. The average Bonchev–Trinajstić information content (AvgIpc) is 3.66. The van der Waals surface area contributed by atoms with Gasteiger partial charge in [0.1, 0.15) is 23.1 Å². The molecule has 2 aromatic carbocycles. The summed E-state index contributed by atoms with van der Waals surface area (Å²) in [6, 6.07) is 14.7. The summed E-state index contributed by atoms with van der Waals surface area (Å²) in [6.07, 6.45) is 2.75. The number of hydrogen-bond acceptors (Lipinski definition) is 7. The SMILES string of the molecule is CC(C)(C)OC(=O)N1CCOC[C@H]1C(=O)Nc1ccc(-c2ccc(-c3c[nH]c([C@@H]4CCCN4C(=O)OC(C)(C)C)n3)cc2)cc1. The predicted octanol–water partition coefficient (Wildman–Crippen LogP) is 6.39. The molecule has 11 nitrogen and oxygen atoms in total. The quantitative estimate of drug-likeness (QED) is 0.340. The Bertz CT molecular complexity index is 1500. The maximum absolute atomic E-state index is 13.1. The van der Waals surface area contributed by atoms with E-state index < -0.39 is 23.3 Å². The molecule has 5 rings (SSSR count). The van der Waals surface area contributed by atoms with Crippen molar-refractivity contribution in [3.05, 3.63) is 60.6 Å². The van der Waals surface area contributed by atoms with Crippen molar-refractivity contribution in [1.29, 1.82) is 0 Å². The van der Waals surface area contributed by atoms with Gasteiger partial charge >= 0.3 is 12.2 Å². The Kier molecular flexibility index (Phi) is 9.20. The Morgan fingerprint density at radius 1 is 0.844 bits per heavy atom. The molecule has 45 heavy (non-hydrogen) atoms. The van der Waals surface area contributed by atoms with Crippen molar-refractivity contribution in [3.8, 4) is 22.4 Å². The van der Waals surface area contributed by atoms with E-state index in [2.05, 4.69) is 10.3 Å². The van der Waals surface area contributed by atoms with E-state index >= 15 is 0 Å². The molecule has 2 N–H and O–H groups in total. The Labute approximate surface area is 264 Å². The second-order valence-electron chi connectivity index (χ2n) is 13.4. The number of carbonyl (C=O) groups is 3. The van der Waals surface area contributed by atoms with Crippen LogP contribution in [-0.2, 0) is 19.0 Å². The third kappa shape index (κ3) is 8.02. The number of nitrogens with zero attached hydrogens (tertiary/aromatic N) is 3. The van der Waals surface area contributed by atoms with E-state index in [1.54, 1.807) is 25.7 Å². The Morgan fingerprint density at radius 3 is 2.04 bits per heavy atom. The molecule has 3 amide bonds. The van der Waals surface area contributed by atoms with Crippen molar-refractivity contribution in [2.45, 2.75) is 77.7 Å². The van der Waals surface area contributed by atoms with E-state index in [0.29, 0.717) is 18.8 Å². The molecular weight excluding hydrogens is 574 g/mol. The lowest BCUT2D eigenvalue weighted by molar-refractivity contribution is -0.127. The second-order valence-corrected chi connectivity index (χ2v) is 13.4. The van der Waals surface area contributed by atoms with Crippen LogP contribution in [0.4, 0.5) is 15.3 Å². The largest absolute Gasteiger partial charge is 0.444 e.